The minimum absolute atomic E-state index is 0.0817. The standard InChI is InChI=1S/C19H29N3O3S/c1-2-3-16-26(24,25)20-17-19(23)22-14-12-21(13-15-22)11-7-10-18-8-5-4-6-9-18/h4-10,20H,2-3,11-17H2,1H3/b10-7+. The molecule has 7 heteroatoms. The highest BCUT2D eigenvalue weighted by atomic mass is 32.2. The lowest BCUT2D eigenvalue weighted by Crippen LogP contribution is -2.51. The van der Waals surface area contributed by atoms with E-state index in [0.29, 0.717) is 19.5 Å². The molecule has 26 heavy (non-hydrogen) atoms. The number of piperazine rings is 1. The summed E-state index contributed by atoms with van der Waals surface area (Å²) < 4.78 is 25.9. The van der Waals surface area contributed by atoms with Crippen LogP contribution in [0.1, 0.15) is 25.3 Å². The van der Waals surface area contributed by atoms with Crippen molar-refractivity contribution < 1.29 is 13.2 Å². The molecule has 2 rings (SSSR count). The summed E-state index contributed by atoms with van der Waals surface area (Å²) in [5.74, 6) is -0.0669. The van der Waals surface area contributed by atoms with Gasteiger partial charge in [-0.2, -0.15) is 0 Å². The Morgan fingerprint density at radius 1 is 1.15 bits per heavy atom. The van der Waals surface area contributed by atoms with Crippen molar-refractivity contribution in [2.24, 2.45) is 0 Å². The number of hydrogen-bond acceptors (Lipinski definition) is 4. The summed E-state index contributed by atoms with van der Waals surface area (Å²) in [6, 6.07) is 10.2. The number of rotatable bonds is 9. The molecule has 0 saturated carbocycles. The van der Waals surface area contributed by atoms with Crippen LogP contribution in [0.15, 0.2) is 36.4 Å². The Kier molecular flexibility index (Phi) is 8.28. The van der Waals surface area contributed by atoms with E-state index in [2.05, 4.69) is 33.9 Å². The van der Waals surface area contributed by atoms with E-state index in [1.54, 1.807) is 4.90 Å². The van der Waals surface area contributed by atoms with Crippen LogP contribution in [0.25, 0.3) is 6.08 Å². The zero-order valence-corrected chi connectivity index (χ0v) is 16.2. The van der Waals surface area contributed by atoms with Gasteiger partial charge < -0.3 is 4.90 Å². The lowest BCUT2D eigenvalue weighted by atomic mass is 10.2. The van der Waals surface area contributed by atoms with Gasteiger partial charge in [0.1, 0.15) is 0 Å². The molecule has 1 aromatic rings. The third-order valence-electron chi connectivity index (χ3n) is 4.41. The van der Waals surface area contributed by atoms with E-state index >= 15 is 0 Å². The van der Waals surface area contributed by atoms with Crippen LogP contribution in [0.2, 0.25) is 0 Å². The topological polar surface area (TPSA) is 69.7 Å². The molecular weight excluding hydrogens is 350 g/mol. The Hall–Kier alpha value is -1.70. The van der Waals surface area contributed by atoms with Crippen molar-refractivity contribution in [1.29, 1.82) is 0 Å². The van der Waals surface area contributed by atoms with Gasteiger partial charge in [-0.1, -0.05) is 55.8 Å². The summed E-state index contributed by atoms with van der Waals surface area (Å²) in [4.78, 5) is 16.2. The van der Waals surface area contributed by atoms with Crippen LogP contribution in [0, 0.1) is 0 Å². The van der Waals surface area contributed by atoms with Gasteiger partial charge in [-0.05, 0) is 12.0 Å². The summed E-state index contributed by atoms with van der Waals surface area (Å²) in [5, 5.41) is 0. The van der Waals surface area contributed by atoms with E-state index in [0.717, 1.165) is 26.1 Å². The molecule has 0 aliphatic carbocycles. The second-order valence-electron chi connectivity index (χ2n) is 6.49. The second kappa shape index (κ2) is 10.4. The lowest BCUT2D eigenvalue weighted by Gasteiger charge is -2.34. The van der Waals surface area contributed by atoms with E-state index in [4.69, 9.17) is 0 Å². The molecule has 144 valence electrons. The number of carbonyl (C=O) groups excluding carboxylic acids is 1. The number of sulfonamides is 1. The molecule has 1 aromatic carbocycles. The number of nitrogens with zero attached hydrogens (tertiary/aromatic N) is 2. The van der Waals surface area contributed by atoms with Gasteiger partial charge in [-0.15, -0.1) is 0 Å². The number of benzene rings is 1. The van der Waals surface area contributed by atoms with Crippen LogP contribution in [0.5, 0.6) is 0 Å². The summed E-state index contributed by atoms with van der Waals surface area (Å²) in [6.07, 6.45) is 5.66. The van der Waals surface area contributed by atoms with Gasteiger partial charge in [0.15, 0.2) is 0 Å². The Morgan fingerprint density at radius 2 is 1.85 bits per heavy atom. The van der Waals surface area contributed by atoms with Crippen LogP contribution in [0.3, 0.4) is 0 Å². The number of hydrogen-bond donors (Lipinski definition) is 1. The van der Waals surface area contributed by atoms with E-state index in [9.17, 15) is 13.2 Å². The fourth-order valence-corrected chi connectivity index (χ4v) is 3.93. The Balaban J connectivity index is 1.69. The monoisotopic (exact) mass is 379 g/mol. The van der Waals surface area contributed by atoms with Crippen LogP contribution >= 0.6 is 0 Å². The smallest absolute Gasteiger partial charge is 0.237 e. The predicted octanol–water partition coefficient (Wildman–Crippen LogP) is 1.56. The highest BCUT2D eigenvalue weighted by Crippen LogP contribution is 2.05. The molecule has 1 N–H and O–H groups in total. The van der Waals surface area contributed by atoms with E-state index in [1.165, 1.54) is 5.56 Å². The van der Waals surface area contributed by atoms with Crippen molar-refractivity contribution in [3.63, 3.8) is 0 Å². The second-order valence-corrected chi connectivity index (χ2v) is 8.41. The van der Waals surface area contributed by atoms with Gasteiger partial charge in [0.05, 0.1) is 12.3 Å². The molecule has 0 aromatic heterocycles. The largest absolute Gasteiger partial charge is 0.339 e. The summed E-state index contributed by atoms with van der Waals surface area (Å²) in [5.41, 5.74) is 1.18. The molecule has 1 fully saturated rings. The average molecular weight is 380 g/mol. The van der Waals surface area contributed by atoms with Gasteiger partial charge in [0, 0.05) is 32.7 Å². The molecule has 1 aliphatic rings. The lowest BCUT2D eigenvalue weighted by molar-refractivity contribution is -0.131. The van der Waals surface area contributed by atoms with Gasteiger partial charge in [0.2, 0.25) is 15.9 Å². The van der Waals surface area contributed by atoms with Gasteiger partial charge in [-0.3, -0.25) is 9.69 Å². The first-order chi connectivity index (χ1) is 12.5. The van der Waals surface area contributed by atoms with Crippen molar-refractivity contribution in [2.45, 2.75) is 19.8 Å². The minimum Gasteiger partial charge on any atom is -0.339 e. The van der Waals surface area contributed by atoms with Gasteiger partial charge in [0.25, 0.3) is 0 Å². The first-order valence-corrected chi connectivity index (χ1v) is 10.8. The molecule has 0 spiro atoms. The first kappa shape index (κ1) is 20.6. The van der Waals surface area contributed by atoms with E-state index < -0.39 is 10.0 Å². The van der Waals surface area contributed by atoms with Crippen molar-refractivity contribution in [2.75, 3.05) is 45.0 Å². The maximum absolute atomic E-state index is 12.2. The molecule has 1 aliphatic heterocycles. The van der Waals surface area contributed by atoms with Crippen LogP contribution in [-0.4, -0.2) is 69.1 Å². The summed E-state index contributed by atoms with van der Waals surface area (Å²) in [6.45, 7) is 5.51. The normalized spacial score (nSPS) is 16.3. The Labute approximate surface area is 156 Å². The van der Waals surface area contributed by atoms with Crippen molar-refractivity contribution in [3.8, 4) is 0 Å². The van der Waals surface area contributed by atoms with E-state index in [-0.39, 0.29) is 18.2 Å². The maximum Gasteiger partial charge on any atom is 0.237 e. The minimum atomic E-state index is -3.34. The highest BCUT2D eigenvalue weighted by molar-refractivity contribution is 7.89. The molecule has 0 radical (unpaired) electrons. The zero-order chi connectivity index (χ0) is 18.8. The fourth-order valence-electron chi connectivity index (χ4n) is 2.77. The predicted molar refractivity (Wildman–Crippen MR) is 105 cm³/mol. The quantitative estimate of drug-likeness (QED) is 0.707. The molecule has 1 heterocycles. The maximum atomic E-state index is 12.2. The molecule has 0 unspecified atom stereocenters. The Morgan fingerprint density at radius 3 is 2.50 bits per heavy atom. The Bertz CT molecular complexity index is 681. The van der Waals surface area contributed by atoms with Crippen molar-refractivity contribution in [1.82, 2.24) is 14.5 Å². The SMILES string of the molecule is CCCCS(=O)(=O)NCC(=O)N1CCN(C/C=C/c2ccccc2)CC1. The molecule has 0 atom stereocenters. The van der Waals surface area contributed by atoms with Crippen LogP contribution < -0.4 is 4.72 Å². The zero-order valence-electron chi connectivity index (χ0n) is 15.4. The third kappa shape index (κ3) is 7.27. The first-order valence-electron chi connectivity index (χ1n) is 9.19. The number of unbranched alkanes of at least 4 members (excludes halogenated alkanes) is 1. The summed E-state index contributed by atoms with van der Waals surface area (Å²) in [7, 11) is -3.34. The summed E-state index contributed by atoms with van der Waals surface area (Å²) >= 11 is 0. The molecule has 1 saturated heterocycles. The highest BCUT2D eigenvalue weighted by Gasteiger charge is 2.21. The van der Waals surface area contributed by atoms with Crippen LogP contribution in [-0.2, 0) is 14.8 Å². The number of amides is 1. The van der Waals surface area contributed by atoms with Gasteiger partial charge in [-0.25, -0.2) is 13.1 Å². The molecule has 0 bridgehead atoms. The van der Waals surface area contributed by atoms with Crippen molar-refractivity contribution >= 4 is 22.0 Å². The molecular formula is C19H29N3O3S. The molecule has 1 amide bonds. The average Bonchev–Trinajstić information content (AvgIpc) is 2.66. The number of nitrogens with one attached hydrogen (secondary N) is 1. The van der Waals surface area contributed by atoms with Crippen molar-refractivity contribution in [3.05, 3.63) is 42.0 Å². The van der Waals surface area contributed by atoms with E-state index in [1.807, 2.05) is 25.1 Å². The molecule has 6 nitrogen and oxygen atoms in total. The van der Waals surface area contributed by atoms with Crippen LogP contribution in [0.4, 0.5) is 0 Å². The third-order valence-corrected chi connectivity index (χ3v) is 5.82. The number of carbonyl (C=O) groups is 1. The van der Waals surface area contributed by atoms with Gasteiger partial charge >= 0.3 is 0 Å². The fraction of sp³-hybridized carbons (Fsp3) is 0.526.